The topological polar surface area (TPSA) is 13.1 Å². The minimum Gasteiger partial charge on any atom is -0.465 e. The molecule has 0 aliphatic rings. The van der Waals surface area contributed by atoms with E-state index in [2.05, 4.69) is 9.24 Å². The van der Waals surface area contributed by atoms with Gasteiger partial charge in [-0.2, -0.15) is 0 Å². The van der Waals surface area contributed by atoms with Crippen LogP contribution >= 0.6 is 9.24 Å². The van der Waals surface area contributed by atoms with Crippen molar-refractivity contribution in [3.8, 4) is 0 Å². The Morgan fingerprint density at radius 1 is 1.57 bits per heavy atom. The SMILES string of the molecule is Pc1ccco1.[Pd]. The summed E-state index contributed by atoms with van der Waals surface area (Å²) < 4.78 is 4.80. The van der Waals surface area contributed by atoms with Crippen LogP contribution in [0.15, 0.2) is 22.8 Å². The Morgan fingerprint density at radius 3 is 2.43 bits per heavy atom. The van der Waals surface area contributed by atoms with Crippen LogP contribution in [-0.4, -0.2) is 0 Å². The molecule has 0 spiro atoms. The standard InChI is InChI=1S/C4H5OP.Pd/c6-4-2-1-3-5-4;/h1-3H,6H2;. The molecule has 0 radical (unpaired) electrons. The van der Waals surface area contributed by atoms with E-state index in [1.165, 1.54) is 0 Å². The van der Waals surface area contributed by atoms with Crippen LogP contribution in [-0.2, 0) is 20.4 Å². The van der Waals surface area contributed by atoms with Crippen LogP contribution in [0.2, 0.25) is 0 Å². The zero-order valence-corrected chi connectivity index (χ0v) is 6.24. The molecule has 1 heterocycles. The van der Waals surface area contributed by atoms with Gasteiger partial charge >= 0.3 is 0 Å². The summed E-state index contributed by atoms with van der Waals surface area (Å²) in [5.41, 5.74) is 0.884. The minimum atomic E-state index is 0. The van der Waals surface area contributed by atoms with Crippen molar-refractivity contribution in [2.24, 2.45) is 0 Å². The molecule has 0 amide bonds. The van der Waals surface area contributed by atoms with Crippen LogP contribution in [0.25, 0.3) is 0 Å². The predicted octanol–water partition coefficient (Wildman–Crippen LogP) is 0.778. The van der Waals surface area contributed by atoms with Crippen LogP contribution in [0.3, 0.4) is 0 Å². The van der Waals surface area contributed by atoms with Gasteiger partial charge in [-0.1, -0.05) is 9.24 Å². The molecule has 42 valence electrons. The summed E-state index contributed by atoms with van der Waals surface area (Å²) >= 11 is 0. The van der Waals surface area contributed by atoms with Gasteiger partial charge in [-0.3, -0.25) is 0 Å². The fraction of sp³-hybridized carbons (Fsp3) is 0. The largest absolute Gasteiger partial charge is 0.465 e. The van der Waals surface area contributed by atoms with Crippen molar-refractivity contribution in [1.82, 2.24) is 0 Å². The summed E-state index contributed by atoms with van der Waals surface area (Å²) in [7, 11) is 2.45. The van der Waals surface area contributed by atoms with Crippen LogP contribution in [0.5, 0.6) is 0 Å². The average Bonchev–Trinajstić information content (AvgIpc) is 1.86. The van der Waals surface area contributed by atoms with E-state index >= 15 is 0 Å². The summed E-state index contributed by atoms with van der Waals surface area (Å²) in [5.74, 6) is 0. The van der Waals surface area contributed by atoms with Gasteiger partial charge in [-0.15, -0.1) is 0 Å². The van der Waals surface area contributed by atoms with Crippen LogP contribution in [0.4, 0.5) is 0 Å². The van der Waals surface area contributed by atoms with Gasteiger partial charge in [0.15, 0.2) is 0 Å². The first kappa shape index (κ1) is 7.37. The van der Waals surface area contributed by atoms with Crippen molar-refractivity contribution in [3.63, 3.8) is 0 Å². The Kier molecular flexibility index (Phi) is 3.56. The summed E-state index contributed by atoms with van der Waals surface area (Å²) in [6.07, 6.45) is 1.64. The van der Waals surface area contributed by atoms with Gasteiger partial charge in [0, 0.05) is 20.4 Å². The van der Waals surface area contributed by atoms with Gasteiger partial charge in [0.1, 0.15) is 5.50 Å². The second-order valence-electron chi connectivity index (χ2n) is 1.02. The smallest absolute Gasteiger partial charge is 0.119 e. The van der Waals surface area contributed by atoms with Crippen molar-refractivity contribution in [3.05, 3.63) is 18.4 Å². The molecule has 0 fully saturated rings. The monoisotopic (exact) mass is 206 g/mol. The maximum Gasteiger partial charge on any atom is 0.119 e. The zero-order valence-electron chi connectivity index (χ0n) is 3.53. The predicted molar refractivity (Wildman–Crippen MR) is 28.1 cm³/mol. The van der Waals surface area contributed by atoms with Crippen molar-refractivity contribution in [2.75, 3.05) is 0 Å². The Hall–Kier alpha value is 0.372. The summed E-state index contributed by atoms with van der Waals surface area (Å²) in [6, 6.07) is 3.73. The normalized spacial score (nSPS) is 7.57. The van der Waals surface area contributed by atoms with Crippen LogP contribution in [0, 0.1) is 0 Å². The first-order valence-corrected chi connectivity index (χ1v) is 2.26. The molecule has 1 rings (SSSR count). The molecule has 7 heavy (non-hydrogen) atoms. The maximum absolute atomic E-state index is 4.80. The van der Waals surface area contributed by atoms with E-state index in [0.717, 1.165) is 5.50 Å². The number of rotatable bonds is 0. The molecule has 0 saturated heterocycles. The number of furan rings is 1. The first-order chi connectivity index (χ1) is 2.89. The molecule has 1 aromatic rings. The molecule has 1 nitrogen and oxygen atoms in total. The molecule has 0 aliphatic carbocycles. The molecule has 0 saturated carbocycles. The molecule has 0 aliphatic heterocycles. The van der Waals surface area contributed by atoms with Crippen molar-refractivity contribution >= 4 is 14.7 Å². The molecular formula is C4H5OPPd. The zero-order chi connectivity index (χ0) is 4.41. The van der Waals surface area contributed by atoms with Crippen molar-refractivity contribution in [1.29, 1.82) is 0 Å². The van der Waals surface area contributed by atoms with E-state index < -0.39 is 0 Å². The Morgan fingerprint density at radius 2 is 2.29 bits per heavy atom. The quantitative estimate of drug-likeness (QED) is 0.452. The molecule has 0 aromatic carbocycles. The average molecular weight is 206 g/mol. The Bertz CT molecular complexity index is 115. The van der Waals surface area contributed by atoms with Gasteiger partial charge in [0.25, 0.3) is 0 Å². The molecule has 3 heteroatoms. The Labute approximate surface area is 58.3 Å². The van der Waals surface area contributed by atoms with Crippen LogP contribution in [0.1, 0.15) is 0 Å². The van der Waals surface area contributed by atoms with E-state index in [9.17, 15) is 0 Å². The minimum absolute atomic E-state index is 0. The Balaban J connectivity index is 0.000000360. The molecule has 1 unspecified atom stereocenters. The molecular weight excluding hydrogens is 201 g/mol. The van der Waals surface area contributed by atoms with Gasteiger partial charge in [-0.25, -0.2) is 0 Å². The fourth-order valence-corrected chi connectivity index (χ4v) is 0.481. The second kappa shape index (κ2) is 3.38. The molecule has 0 bridgehead atoms. The van der Waals surface area contributed by atoms with E-state index in [1.807, 2.05) is 12.1 Å². The third-order valence-electron chi connectivity index (χ3n) is 0.543. The summed E-state index contributed by atoms with van der Waals surface area (Å²) in [6.45, 7) is 0. The molecule has 0 N–H and O–H groups in total. The molecule has 1 aromatic heterocycles. The van der Waals surface area contributed by atoms with Crippen LogP contribution < -0.4 is 5.50 Å². The summed E-state index contributed by atoms with van der Waals surface area (Å²) in [4.78, 5) is 0. The van der Waals surface area contributed by atoms with E-state index in [-0.39, 0.29) is 20.4 Å². The number of hydrogen-bond donors (Lipinski definition) is 0. The van der Waals surface area contributed by atoms with Gasteiger partial charge in [0.05, 0.1) is 6.26 Å². The van der Waals surface area contributed by atoms with Gasteiger partial charge < -0.3 is 4.42 Å². The third kappa shape index (κ3) is 2.24. The fourth-order valence-electron chi connectivity index (χ4n) is 0.291. The van der Waals surface area contributed by atoms with E-state index in [1.54, 1.807) is 6.26 Å². The van der Waals surface area contributed by atoms with E-state index in [4.69, 9.17) is 4.42 Å². The van der Waals surface area contributed by atoms with Gasteiger partial charge in [-0.05, 0) is 12.1 Å². The van der Waals surface area contributed by atoms with E-state index in [0.29, 0.717) is 0 Å². The van der Waals surface area contributed by atoms with Crippen molar-refractivity contribution < 1.29 is 24.8 Å². The maximum atomic E-state index is 4.80. The second-order valence-corrected chi connectivity index (χ2v) is 1.58. The molecule has 1 atom stereocenters. The summed E-state index contributed by atoms with van der Waals surface area (Å²) in [5, 5.41) is 0. The third-order valence-corrected chi connectivity index (χ3v) is 0.872. The first-order valence-electron chi connectivity index (χ1n) is 1.68. The van der Waals surface area contributed by atoms with Gasteiger partial charge in [0.2, 0.25) is 0 Å². The van der Waals surface area contributed by atoms with Crippen molar-refractivity contribution in [2.45, 2.75) is 0 Å². The number of hydrogen-bond acceptors (Lipinski definition) is 1.